The van der Waals surface area contributed by atoms with Gasteiger partial charge in [-0.15, -0.1) is 0 Å². The highest BCUT2D eigenvalue weighted by molar-refractivity contribution is 7.90. The molecule has 6 aliphatic heterocycles. The van der Waals surface area contributed by atoms with Gasteiger partial charge in [0.05, 0.1) is 60.0 Å². The number of anilines is 2. The molecule has 3 atom stereocenters. The van der Waals surface area contributed by atoms with Crippen molar-refractivity contribution < 1.29 is 55.4 Å². The number of morpholine rings is 1. The van der Waals surface area contributed by atoms with Crippen LogP contribution in [-0.4, -0.2) is 138 Å². The minimum Gasteiger partial charge on any atom is -0.384 e. The van der Waals surface area contributed by atoms with Crippen molar-refractivity contribution in [3.8, 4) is 0 Å². The van der Waals surface area contributed by atoms with Crippen LogP contribution in [0, 0.1) is 5.92 Å². The number of likely N-dealkylation sites (tertiary alicyclic amines) is 1. The number of alkyl halides is 2. The first-order chi connectivity index (χ1) is 31.7. The maximum atomic E-state index is 14.5. The maximum absolute atomic E-state index is 14.5. The first kappa shape index (κ1) is 44.9. The van der Waals surface area contributed by atoms with Crippen LogP contribution in [0.3, 0.4) is 0 Å². The lowest BCUT2D eigenvalue weighted by Crippen LogP contribution is -2.54. The van der Waals surface area contributed by atoms with E-state index in [1.165, 1.54) is 27.0 Å². The number of nitrogens with one attached hydrogen (secondary N) is 3. The van der Waals surface area contributed by atoms with Crippen molar-refractivity contribution >= 4 is 62.7 Å². The third-order valence-corrected chi connectivity index (χ3v) is 14.3. The van der Waals surface area contributed by atoms with E-state index >= 15 is 0 Å². The molecule has 4 fully saturated rings. The van der Waals surface area contributed by atoms with E-state index in [-0.39, 0.29) is 91.2 Å². The molecule has 24 heteroatoms. The highest BCUT2D eigenvalue weighted by atomic mass is 32.2. The lowest BCUT2D eigenvalue weighted by Gasteiger charge is -2.34. The zero-order valence-electron chi connectivity index (χ0n) is 35.7. The number of imide groups is 2. The molecule has 1 aromatic heterocycles. The quantitative estimate of drug-likeness (QED) is 0.137. The Bertz CT molecular complexity index is 2560. The zero-order valence-corrected chi connectivity index (χ0v) is 36.5. The molecule has 0 spiro atoms. The molecule has 9 rings (SSSR count). The number of amidine groups is 1. The molecule has 7 aliphatic rings. The Labute approximate surface area is 377 Å². The summed E-state index contributed by atoms with van der Waals surface area (Å²) >= 11 is 0. The second-order valence-corrected chi connectivity index (χ2v) is 19.1. The summed E-state index contributed by atoms with van der Waals surface area (Å²) in [4.78, 5) is 83.8. The number of aliphatic imine (C=N–C) groups is 1. The average Bonchev–Trinajstić information content (AvgIpc) is 4.14. The number of rotatable bonds is 16. The number of hydrogen-bond donors (Lipinski definition) is 4. The summed E-state index contributed by atoms with van der Waals surface area (Å²) in [6, 6.07) is 3.49. The first-order valence-corrected chi connectivity index (χ1v) is 23.6. The van der Waals surface area contributed by atoms with Crippen molar-refractivity contribution in [2.24, 2.45) is 16.6 Å². The van der Waals surface area contributed by atoms with Crippen LogP contribution in [0.15, 0.2) is 53.1 Å². The lowest BCUT2D eigenvalue weighted by molar-refractivity contribution is -0.136. The summed E-state index contributed by atoms with van der Waals surface area (Å²) in [5.74, 6) is -3.82. The number of benzene rings is 1. The van der Waals surface area contributed by atoms with Gasteiger partial charge < -0.3 is 25.4 Å². The molecule has 1 aromatic carbocycles. The van der Waals surface area contributed by atoms with Crippen LogP contribution in [0.5, 0.6) is 0 Å². The number of carbonyl (C=O) groups excluding carboxylic acids is 6. The fraction of sp³-hybridized carbons (Fsp3) is 0.524. The molecule has 66 heavy (non-hydrogen) atoms. The number of hydrogen-bond acceptors (Lipinski definition) is 16. The average molecular weight is 938 g/mol. The molecule has 5 N–H and O–H groups in total. The van der Waals surface area contributed by atoms with Gasteiger partial charge in [0.15, 0.2) is 11.5 Å². The monoisotopic (exact) mass is 937 g/mol. The van der Waals surface area contributed by atoms with Gasteiger partial charge in [0, 0.05) is 50.5 Å². The number of ether oxygens (including phenoxy) is 2. The molecule has 0 radical (unpaired) electrons. The van der Waals surface area contributed by atoms with E-state index in [1.54, 1.807) is 24.4 Å². The van der Waals surface area contributed by atoms with E-state index in [0.29, 0.717) is 63.3 Å². The number of nitrogens with two attached hydrogens (primary N) is 1. The van der Waals surface area contributed by atoms with Crippen molar-refractivity contribution in [3.05, 3.63) is 64.9 Å². The van der Waals surface area contributed by atoms with Crippen molar-refractivity contribution in [3.63, 3.8) is 0 Å². The number of fused-ring (bicyclic) bond motifs is 4. The van der Waals surface area contributed by atoms with Gasteiger partial charge in [0.2, 0.25) is 33.7 Å². The Morgan fingerprint density at radius 2 is 1.82 bits per heavy atom. The molecule has 21 nitrogen and oxygen atoms in total. The van der Waals surface area contributed by atoms with Crippen LogP contribution in [0.2, 0.25) is 0 Å². The minimum atomic E-state index is -3.98. The molecular formula is C42H49F2N11O10S. The standard InChI is InChI=1S/C42H49F2N11O10S/c43-36(44)35-31(54-20-28(37(45)57)38-47-32(12-14-53(38)54)51-19-26-18-25(51)22-65-26)21-52(49-35)24-8-6-23(7-9-24)39(58)50-66(62,63)17-3-16-64-15-2-13-46-29-5-1-4-27-34(29)42(61)55(41(27)60)30-10-11-33(56)48-40(30)59/h1,4-5,12,14,21,23-26,30,36,46H,2-3,6-11,13,15-20,22H2,(H2,45,57)(H,50,58)(H,48,56,59). The van der Waals surface area contributed by atoms with Gasteiger partial charge in [0.1, 0.15) is 17.6 Å². The summed E-state index contributed by atoms with van der Waals surface area (Å²) < 4.78 is 69.7. The predicted molar refractivity (Wildman–Crippen MR) is 229 cm³/mol. The van der Waals surface area contributed by atoms with Crippen LogP contribution >= 0.6 is 0 Å². The van der Waals surface area contributed by atoms with Gasteiger partial charge in [-0.1, -0.05) is 6.07 Å². The molecule has 1 aliphatic carbocycles. The summed E-state index contributed by atoms with van der Waals surface area (Å²) in [6.07, 6.45) is 4.98. The molecule has 1 saturated carbocycles. The molecule has 2 aromatic rings. The number of amides is 6. The largest absolute Gasteiger partial charge is 0.384 e. The Kier molecular flexibility index (Phi) is 12.4. The molecular weight excluding hydrogens is 889 g/mol. The second kappa shape index (κ2) is 18.2. The van der Waals surface area contributed by atoms with Gasteiger partial charge in [-0.3, -0.25) is 53.4 Å². The first-order valence-electron chi connectivity index (χ1n) is 22.0. The van der Waals surface area contributed by atoms with Crippen LogP contribution in [0.1, 0.15) is 96.7 Å². The van der Waals surface area contributed by atoms with E-state index in [1.807, 2.05) is 0 Å². The second-order valence-electron chi connectivity index (χ2n) is 17.2. The van der Waals surface area contributed by atoms with E-state index in [4.69, 9.17) is 20.2 Å². The fourth-order valence-corrected chi connectivity index (χ4v) is 10.7. The molecule has 3 unspecified atom stereocenters. The Hall–Kier alpha value is -6.27. The normalized spacial score (nSPS) is 25.0. The molecule has 352 valence electrons. The van der Waals surface area contributed by atoms with Gasteiger partial charge in [-0.25, -0.2) is 27.2 Å². The smallest absolute Gasteiger partial charge is 0.284 e. The fourth-order valence-electron chi connectivity index (χ4n) is 9.67. The lowest BCUT2D eigenvalue weighted by atomic mass is 9.86. The number of hydrazine groups is 1. The number of piperidine rings is 1. The summed E-state index contributed by atoms with van der Waals surface area (Å²) in [6.45, 7) is 1.83. The van der Waals surface area contributed by atoms with E-state index in [9.17, 15) is 46.0 Å². The van der Waals surface area contributed by atoms with Crippen molar-refractivity contribution in [1.82, 2.24) is 34.6 Å². The van der Waals surface area contributed by atoms with Crippen LogP contribution < -0.4 is 26.1 Å². The van der Waals surface area contributed by atoms with E-state index in [0.717, 1.165) is 11.3 Å². The number of sulfonamides is 1. The summed E-state index contributed by atoms with van der Waals surface area (Å²) in [7, 11) is -3.98. The SMILES string of the molecule is NC(=O)C1=C2N=C(N3CC4CC3CO4)C=CN2N(c2cn(C3CCC(C(=O)NS(=O)(=O)CCCOCCCNc4cccc5c4C(=O)N(C4CCC(=O)NC4=O)C5=O)CC3)nc2C(F)F)C1. The van der Waals surface area contributed by atoms with Crippen molar-refractivity contribution in [1.29, 1.82) is 0 Å². The van der Waals surface area contributed by atoms with Gasteiger partial charge in [-0.05, 0) is 69.6 Å². The minimum absolute atomic E-state index is 0.0133. The summed E-state index contributed by atoms with van der Waals surface area (Å²) in [5, 5.41) is 12.6. The highest BCUT2D eigenvalue weighted by Crippen LogP contribution is 2.41. The predicted octanol–water partition coefficient (Wildman–Crippen LogP) is 1.44. The number of nitrogens with zero attached hydrogens (tertiary/aromatic N) is 7. The topological polar surface area (TPSA) is 260 Å². The van der Waals surface area contributed by atoms with Crippen molar-refractivity contribution in [2.75, 3.05) is 55.5 Å². The van der Waals surface area contributed by atoms with Gasteiger partial charge in [-0.2, -0.15) is 5.10 Å². The zero-order chi connectivity index (χ0) is 46.4. The van der Waals surface area contributed by atoms with Crippen molar-refractivity contribution in [2.45, 2.75) is 88.4 Å². The van der Waals surface area contributed by atoms with E-state index in [2.05, 4.69) is 25.4 Å². The Morgan fingerprint density at radius 3 is 2.53 bits per heavy atom. The molecule has 3 saturated heterocycles. The number of halogens is 2. The van der Waals surface area contributed by atoms with Gasteiger partial charge in [0.25, 0.3) is 18.2 Å². The highest BCUT2D eigenvalue weighted by Gasteiger charge is 2.46. The number of primary amides is 1. The van der Waals surface area contributed by atoms with Crippen LogP contribution in [0.25, 0.3) is 0 Å². The Balaban J connectivity index is 0.710. The molecule has 7 heterocycles. The third kappa shape index (κ3) is 8.75. The third-order valence-electron chi connectivity index (χ3n) is 13.0. The van der Waals surface area contributed by atoms with Crippen LogP contribution in [0.4, 0.5) is 20.2 Å². The van der Waals surface area contributed by atoms with Gasteiger partial charge >= 0.3 is 0 Å². The van der Waals surface area contributed by atoms with Crippen LogP contribution in [-0.2, 0) is 38.7 Å². The summed E-state index contributed by atoms with van der Waals surface area (Å²) in [5.41, 5.74) is 6.21. The van der Waals surface area contributed by atoms with E-state index < -0.39 is 69.5 Å². The maximum Gasteiger partial charge on any atom is 0.284 e. The molecule has 2 bridgehead atoms. The Morgan fingerprint density at radius 1 is 1.03 bits per heavy atom. The number of aromatic nitrogens is 2. The number of carbonyl (C=O) groups is 6. The molecule has 6 amide bonds.